The van der Waals surface area contributed by atoms with Crippen molar-refractivity contribution in [3.8, 4) is 0 Å². The highest BCUT2D eigenvalue weighted by molar-refractivity contribution is 7.90. The van der Waals surface area contributed by atoms with Crippen LogP contribution < -0.4 is 0 Å². The number of rotatable bonds is 8. The van der Waals surface area contributed by atoms with Crippen LogP contribution in [0, 0.1) is 0 Å². The summed E-state index contributed by atoms with van der Waals surface area (Å²) in [6.07, 6.45) is 1.04. The van der Waals surface area contributed by atoms with Gasteiger partial charge in [0.25, 0.3) is 0 Å². The minimum Gasteiger partial charge on any atom is -0.459 e. The second kappa shape index (κ2) is 8.68. The fourth-order valence-corrected chi connectivity index (χ4v) is 4.13. The van der Waals surface area contributed by atoms with E-state index in [9.17, 15) is 21.6 Å². The van der Waals surface area contributed by atoms with Gasteiger partial charge in [-0.05, 0) is 59.1 Å². The van der Waals surface area contributed by atoms with Crippen LogP contribution in [-0.4, -0.2) is 77.6 Å². The minimum absolute atomic E-state index is 0.0217. The van der Waals surface area contributed by atoms with Crippen molar-refractivity contribution in [2.75, 3.05) is 40.0 Å². The Morgan fingerprint density at radius 2 is 1.44 bits per heavy atom. The molecule has 0 N–H and O–H groups in total. The SMILES string of the molecule is CN(C)CCN(CC(=O)OC(C)(C)C)S(=O)(=O)c1ccc(S(C)(=O)=O)cc1. The van der Waals surface area contributed by atoms with Crippen molar-refractivity contribution in [1.82, 2.24) is 9.21 Å². The summed E-state index contributed by atoms with van der Waals surface area (Å²) in [7, 11) is -3.85. The topological polar surface area (TPSA) is 101 Å². The number of ether oxygens (including phenoxy) is 1. The first-order valence-corrected chi connectivity index (χ1v) is 11.6. The zero-order valence-corrected chi connectivity index (χ0v) is 18.2. The van der Waals surface area contributed by atoms with E-state index >= 15 is 0 Å². The van der Waals surface area contributed by atoms with E-state index < -0.39 is 38.0 Å². The lowest BCUT2D eigenvalue weighted by Crippen LogP contribution is -2.41. The Labute approximate surface area is 162 Å². The van der Waals surface area contributed by atoms with Gasteiger partial charge in [-0.3, -0.25) is 4.79 Å². The normalized spacial score (nSPS) is 13.2. The van der Waals surface area contributed by atoms with Gasteiger partial charge in [0.2, 0.25) is 10.0 Å². The number of nitrogens with zero attached hydrogens (tertiary/aromatic N) is 2. The third-order valence-corrected chi connectivity index (χ3v) is 6.40. The van der Waals surface area contributed by atoms with Crippen molar-refractivity contribution >= 4 is 25.8 Å². The van der Waals surface area contributed by atoms with Gasteiger partial charge >= 0.3 is 5.97 Å². The van der Waals surface area contributed by atoms with Crippen LogP contribution in [0.1, 0.15) is 20.8 Å². The summed E-state index contributed by atoms with van der Waals surface area (Å²) in [6, 6.07) is 4.92. The first-order valence-electron chi connectivity index (χ1n) is 8.30. The second-order valence-electron chi connectivity index (χ2n) is 7.47. The molecule has 0 aliphatic carbocycles. The van der Waals surface area contributed by atoms with E-state index in [1.807, 2.05) is 0 Å². The van der Waals surface area contributed by atoms with Crippen molar-refractivity contribution in [2.24, 2.45) is 0 Å². The van der Waals surface area contributed by atoms with Crippen LogP contribution >= 0.6 is 0 Å². The molecule has 1 aromatic rings. The molecule has 27 heavy (non-hydrogen) atoms. The average Bonchev–Trinajstić information content (AvgIpc) is 2.48. The van der Waals surface area contributed by atoms with Crippen molar-refractivity contribution in [3.05, 3.63) is 24.3 Å². The monoisotopic (exact) mass is 420 g/mol. The van der Waals surface area contributed by atoms with Gasteiger partial charge in [0.1, 0.15) is 12.1 Å². The standard InChI is InChI=1S/C17H28N2O6S2/c1-17(2,3)25-16(20)13-19(12-11-18(4)5)27(23,24)15-9-7-14(8-10-15)26(6,21)22/h7-10H,11-13H2,1-6H3. The molecule has 8 nitrogen and oxygen atoms in total. The predicted molar refractivity (Wildman–Crippen MR) is 103 cm³/mol. The number of hydrogen-bond donors (Lipinski definition) is 0. The van der Waals surface area contributed by atoms with E-state index in [4.69, 9.17) is 4.74 Å². The molecule has 0 aromatic heterocycles. The molecule has 0 saturated carbocycles. The molecule has 1 rings (SSSR count). The maximum atomic E-state index is 13.0. The molecular weight excluding hydrogens is 392 g/mol. The van der Waals surface area contributed by atoms with Gasteiger partial charge < -0.3 is 9.64 Å². The van der Waals surface area contributed by atoms with E-state index in [1.165, 1.54) is 24.3 Å². The first kappa shape index (κ1) is 23.5. The lowest BCUT2D eigenvalue weighted by Gasteiger charge is -2.25. The lowest BCUT2D eigenvalue weighted by molar-refractivity contribution is -0.155. The second-order valence-corrected chi connectivity index (χ2v) is 11.4. The lowest BCUT2D eigenvalue weighted by atomic mass is 10.2. The molecule has 0 radical (unpaired) electrons. The molecule has 0 fully saturated rings. The molecule has 0 amide bonds. The molecule has 0 aliphatic heterocycles. The Kier molecular flexibility index (Phi) is 7.57. The quantitative estimate of drug-likeness (QED) is 0.578. The molecule has 0 unspecified atom stereocenters. The Morgan fingerprint density at radius 3 is 1.85 bits per heavy atom. The van der Waals surface area contributed by atoms with Gasteiger partial charge in [-0.2, -0.15) is 4.31 Å². The number of hydrogen-bond acceptors (Lipinski definition) is 7. The predicted octanol–water partition coefficient (Wildman–Crippen LogP) is 0.984. The minimum atomic E-state index is -4.00. The van der Waals surface area contributed by atoms with Crippen molar-refractivity contribution in [1.29, 1.82) is 0 Å². The third kappa shape index (κ3) is 7.57. The largest absolute Gasteiger partial charge is 0.459 e. The number of esters is 1. The highest BCUT2D eigenvalue weighted by atomic mass is 32.2. The molecule has 154 valence electrons. The Balaban J connectivity index is 3.16. The molecule has 0 atom stereocenters. The third-order valence-electron chi connectivity index (χ3n) is 3.41. The average molecular weight is 421 g/mol. The van der Waals surface area contributed by atoms with Crippen LogP contribution in [0.2, 0.25) is 0 Å². The van der Waals surface area contributed by atoms with E-state index in [0.717, 1.165) is 10.6 Å². The van der Waals surface area contributed by atoms with Crippen molar-refractivity contribution in [2.45, 2.75) is 36.2 Å². The highest BCUT2D eigenvalue weighted by Gasteiger charge is 2.29. The molecule has 0 bridgehead atoms. The van der Waals surface area contributed by atoms with Crippen LogP contribution in [0.25, 0.3) is 0 Å². The molecule has 0 saturated heterocycles. The maximum Gasteiger partial charge on any atom is 0.321 e. The highest BCUT2D eigenvalue weighted by Crippen LogP contribution is 2.19. The van der Waals surface area contributed by atoms with Gasteiger partial charge in [0.05, 0.1) is 9.79 Å². The molecule has 1 aromatic carbocycles. The van der Waals surface area contributed by atoms with Gasteiger partial charge in [-0.1, -0.05) is 0 Å². The van der Waals surface area contributed by atoms with Crippen LogP contribution in [0.15, 0.2) is 34.1 Å². The summed E-state index contributed by atoms with van der Waals surface area (Å²) in [5.41, 5.74) is -0.731. The molecular formula is C17H28N2O6S2. The fraction of sp³-hybridized carbons (Fsp3) is 0.588. The zero-order valence-electron chi connectivity index (χ0n) is 16.6. The number of likely N-dealkylation sites (N-methyl/N-ethyl adjacent to an activating group) is 1. The number of sulfone groups is 1. The van der Waals surface area contributed by atoms with Crippen molar-refractivity contribution in [3.63, 3.8) is 0 Å². The van der Waals surface area contributed by atoms with Gasteiger partial charge in [0.15, 0.2) is 9.84 Å². The molecule has 0 aliphatic rings. The number of sulfonamides is 1. The number of benzene rings is 1. The molecule has 0 heterocycles. The van der Waals surface area contributed by atoms with E-state index in [2.05, 4.69) is 0 Å². The summed E-state index contributed by atoms with van der Waals surface area (Å²) >= 11 is 0. The number of carbonyl (C=O) groups is 1. The Morgan fingerprint density at radius 1 is 0.963 bits per heavy atom. The molecule has 0 spiro atoms. The van der Waals surface area contributed by atoms with E-state index in [1.54, 1.807) is 39.8 Å². The fourth-order valence-electron chi connectivity index (χ4n) is 2.12. The first-order chi connectivity index (χ1) is 12.1. The smallest absolute Gasteiger partial charge is 0.321 e. The van der Waals surface area contributed by atoms with Gasteiger partial charge in [-0.15, -0.1) is 0 Å². The number of carbonyl (C=O) groups excluding carboxylic acids is 1. The van der Waals surface area contributed by atoms with Gasteiger partial charge in [0, 0.05) is 19.3 Å². The van der Waals surface area contributed by atoms with Crippen LogP contribution in [-0.2, 0) is 29.4 Å². The summed E-state index contributed by atoms with van der Waals surface area (Å²) in [6.45, 7) is 5.17. The maximum absolute atomic E-state index is 13.0. The Bertz CT molecular complexity index is 854. The van der Waals surface area contributed by atoms with Gasteiger partial charge in [-0.25, -0.2) is 16.8 Å². The summed E-state index contributed by atoms with van der Waals surface area (Å²) in [5, 5.41) is 0. The molecule has 10 heteroatoms. The summed E-state index contributed by atoms with van der Waals surface area (Å²) < 4.78 is 55.3. The van der Waals surface area contributed by atoms with E-state index in [0.29, 0.717) is 6.54 Å². The van der Waals surface area contributed by atoms with Crippen LogP contribution in [0.5, 0.6) is 0 Å². The van der Waals surface area contributed by atoms with Crippen LogP contribution in [0.4, 0.5) is 0 Å². The van der Waals surface area contributed by atoms with Crippen LogP contribution in [0.3, 0.4) is 0 Å². The summed E-state index contributed by atoms with van der Waals surface area (Å²) in [5.74, 6) is -0.655. The Hall–Kier alpha value is -1.49. The van der Waals surface area contributed by atoms with Crippen molar-refractivity contribution < 1.29 is 26.4 Å². The zero-order chi connectivity index (χ0) is 21.0. The van der Waals surface area contributed by atoms with E-state index in [-0.39, 0.29) is 16.3 Å². The summed E-state index contributed by atoms with van der Waals surface area (Å²) in [4.78, 5) is 13.9.